The van der Waals surface area contributed by atoms with Gasteiger partial charge in [-0.3, -0.25) is 4.79 Å². The largest absolute Gasteiger partial charge is 0.355 e. The Balaban J connectivity index is 1.44. The zero-order valence-corrected chi connectivity index (χ0v) is 18.8. The molecular formula is C19H30ClN3O3S2. The van der Waals surface area contributed by atoms with Crippen LogP contribution < -0.4 is 5.32 Å². The van der Waals surface area contributed by atoms with Crippen LogP contribution in [0.4, 0.5) is 0 Å². The highest BCUT2D eigenvalue weighted by Crippen LogP contribution is 2.32. The molecule has 1 amide bonds. The van der Waals surface area contributed by atoms with E-state index < -0.39 is 10.0 Å². The summed E-state index contributed by atoms with van der Waals surface area (Å²) in [6, 6.07) is 3.18. The summed E-state index contributed by atoms with van der Waals surface area (Å²) < 4.78 is 27.7. The number of carbonyl (C=O) groups excluding carboxylic acids is 1. The number of sulfonamides is 1. The van der Waals surface area contributed by atoms with E-state index >= 15 is 0 Å². The molecule has 2 saturated heterocycles. The van der Waals surface area contributed by atoms with Crippen LogP contribution in [0.3, 0.4) is 0 Å². The third-order valence-electron chi connectivity index (χ3n) is 5.94. The molecule has 1 aromatic heterocycles. The molecule has 28 heavy (non-hydrogen) atoms. The predicted molar refractivity (Wildman–Crippen MR) is 113 cm³/mol. The van der Waals surface area contributed by atoms with Crippen molar-refractivity contribution in [3.8, 4) is 0 Å². The van der Waals surface area contributed by atoms with E-state index in [-0.39, 0.29) is 17.7 Å². The Bertz CT molecular complexity index is 754. The molecule has 0 spiro atoms. The van der Waals surface area contributed by atoms with Gasteiger partial charge in [0.25, 0.3) is 10.0 Å². The SMILES string of the molecule is C[C@H](C(=O)NCCN1CCCCC1)C1CCN(S(=O)(=O)c2ccc(Cl)s2)CC1. The van der Waals surface area contributed by atoms with Crippen LogP contribution in [0.1, 0.15) is 39.0 Å². The second kappa shape index (κ2) is 9.89. The first-order valence-electron chi connectivity index (χ1n) is 10.1. The fraction of sp³-hybridized carbons (Fsp3) is 0.737. The van der Waals surface area contributed by atoms with Gasteiger partial charge in [0.15, 0.2) is 0 Å². The monoisotopic (exact) mass is 447 g/mol. The smallest absolute Gasteiger partial charge is 0.252 e. The highest BCUT2D eigenvalue weighted by Gasteiger charge is 2.34. The third-order valence-corrected chi connectivity index (χ3v) is 9.54. The number of thiophene rings is 1. The average Bonchev–Trinajstić information content (AvgIpc) is 3.15. The van der Waals surface area contributed by atoms with Crippen molar-refractivity contribution in [1.29, 1.82) is 0 Å². The molecule has 2 fully saturated rings. The van der Waals surface area contributed by atoms with Crippen molar-refractivity contribution in [1.82, 2.24) is 14.5 Å². The number of hydrogen-bond acceptors (Lipinski definition) is 5. The van der Waals surface area contributed by atoms with Gasteiger partial charge in [0.1, 0.15) is 4.21 Å². The minimum Gasteiger partial charge on any atom is -0.355 e. The number of piperidine rings is 2. The predicted octanol–water partition coefficient (Wildman–Crippen LogP) is 3.04. The molecule has 0 saturated carbocycles. The Labute approximate surface area is 177 Å². The van der Waals surface area contributed by atoms with Crippen molar-refractivity contribution in [3.63, 3.8) is 0 Å². The van der Waals surface area contributed by atoms with E-state index in [0.717, 1.165) is 31.0 Å². The maximum absolute atomic E-state index is 12.7. The second-order valence-corrected chi connectivity index (χ2v) is 11.7. The molecule has 1 N–H and O–H groups in total. The van der Waals surface area contributed by atoms with Gasteiger partial charge in [-0.1, -0.05) is 24.9 Å². The highest BCUT2D eigenvalue weighted by molar-refractivity contribution is 7.91. The lowest BCUT2D eigenvalue weighted by atomic mass is 9.85. The summed E-state index contributed by atoms with van der Waals surface area (Å²) in [6.45, 7) is 6.74. The van der Waals surface area contributed by atoms with Gasteiger partial charge in [-0.2, -0.15) is 4.31 Å². The Kier molecular flexibility index (Phi) is 7.78. The summed E-state index contributed by atoms with van der Waals surface area (Å²) in [4.78, 5) is 14.9. The first kappa shape index (κ1) is 22.0. The number of rotatable bonds is 7. The Morgan fingerprint density at radius 1 is 1.21 bits per heavy atom. The van der Waals surface area contributed by atoms with Crippen LogP contribution >= 0.6 is 22.9 Å². The van der Waals surface area contributed by atoms with Crippen LogP contribution in [-0.2, 0) is 14.8 Å². The lowest BCUT2D eigenvalue weighted by Crippen LogP contribution is -2.44. The molecule has 1 aromatic rings. The molecule has 3 rings (SSSR count). The first-order chi connectivity index (χ1) is 13.4. The fourth-order valence-corrected chi connectivity index (χ4v) is 7.18. The zero-order valence-electron chi connectivity index (χ0n) is 16.4. The van der Waals surface area contributed by atoms with E-state index in [2.05, 4.69) is 10.2 Å². The minimum atomic E-state index is -3.48. The van der Waals surface area contributed by atoms with E-state index in [1.54, 1.807) is 12.1 Å². The first-order valence-corrected chi connectivity index (χ1v) is 12.8. The standard InChI is InChI=1S/C19H30ClN3O3S2/c1-15(19(24)21-9-14-22-10-3-2-4-11-22)16-7-12-23(13-8-16)28(25,26)18-6-5-17(20)27-18/h5-6,15-16H,2-4,7-14H2,1H3,(H,21,24)/t15-/m0/s1. The van der Waals surface area contributed by atoms with Gasteiger partial charge in [-0.25, -0.2) is 8.42 Å². The van der Waals surface area contributed by atoms with Crippen LogP contribution in [0.25, 0.3) is 0 Å². The lowest BCUT2D eigenvalue weighted by Gasteiger charge is -2.33. The van der Waals surface area contributed by atoms with E-state index in [4.69, 9.17) is 11.6 Å². The quantitative estimate of drug-likeness (QED) is 0.697. The van der Waals surface area contributed by atoms with E-state index in [0.29, 0.717) is 41.0 Å². The van der Waals surface area contributed by atoms with Crippen molar-refractivity contribution < 1.29 is 13.2 Å². The van der Waals surface area contributed by atoms with Crippen molar-refractivity contribution >= 4 is 38.9 Å². The summed E-state index contributed by atoms with van der Waals surface area (Å²) in [5.41, 5.74) is 0. The number of hydrogen-bond donors (Lipinski definition) is 1. The Morgan fingerprint density at radius 3 is 2.50 bits per heavy atom. The molecule has 2 aliphatic heterocycles. The maximum atomic E-state index is 12.7. The number of carbonyl (C=O) groups is 1. The van der Waals surface area contributed by atoms with Gasteiger partial charge in [-0.05, 0) is 56.8 Å². The lowest BCUT2D eigenvalue weighted by molar-refractivity contribution is -0.126. The van der Waals surface area contributed by atoms with E-state index in [1.165, 1.54) is 23.6 Å². The topological polar surface area (TPSA) is 69.7 Å². The zero-order chi connectivity index (χ0) is 20.1. The molecule has 0 radical (unpaired) electrons. The van der Waals surface area contributed by atoms with Crippen LogP contribution in [0.5, 0.6) is 0 Å². The molecule has 0 bridgehead atoms. The summed E-state index contributed by atoms with van der Waals surface area (Å²) in [5, 5.41) is 3.07. The number of likely N-dealkylation sites (tertiary alicyclic amines) is 1. The number of amides is 1. The van der Waals surface area contributed by atoms with Crippen molar-refractivity contribution in [2.45, 2.75) is 43.2 Å². The number of halogens is 1. The average molecular weight is 448 g/mol. The molecule has 3 heterocycles. The Hall–Kier alpha value is -0.670. The number of nitrogens with zero attached hydrogens (tertiary/aromatic N) is 2. The van der Waals surface area contributed by atoms with E-state index in [1.807, 2.05) is 6.92 Å². The normalized spacial score (nSPS) is 21.5. The molecule has 0 aliphatic carbocycles. The van der Waals surface area contributed by atoms with Gasteiger partial charge < -0.3 is 10.2 Å². The summed E-state index contributed by atoms with van der Waals surface area (Å²) in [5.74, 6) is 0.208. The maximum Gasteiger partial charge on any atom is 0.252 e. The van der Waals surface area contributed by atoms with Gasteiger partial charge in [-0.15, -0.1) is 11.3 Å². The third kappa shape index (κ3) is 5.48. The minimum absolute atomic E-state index is 0.0864. The molecule has 0 unspecified atom stereocenters. The number of nitrogens with one attached hydrogen (secondary N) is 1. The van der Waals surface area contributed by atoms with Gasteiger partial charge in [0.2, 0.25) is 5.91 Å². The summed E-state index contributed by atoms with van der Waals surface area (Å²) in [7, 11) is -3.48. The fourth-order valence-electron chi connectivity index (χ4n) is 4.07. The second-order valence-electron chi connectivity index (χ2n) is 7.78. The summed E-state index contributed by atoms with van der Waals surface area (Å²) in [6.07, 6.45) is 5.24. The van der Waals surface area contributed by atoms with Gasteiger partial charge in [0.05, 0.1) is 4.34 Å². The van der Waals surface area contributed by atoms with Crippen LogP contribution in [0.15, 0.2) is 16.3 Å². The highest BCUT2D eigenvalue weighted by atomic mass is 35.5. The van der Waals surface area contributed by atoms with E-state index in [9.17, 15) is 13.2 Å². The Morgan fingerprint density at radius 2 is 1.89 bits per heavy atom. The van der Waals surface area contributed by atoms with Gasteiger partial charge in [0, 0.05) is 32.1 Å². The summed E-state index contributed by atoms with van der Waals surface area (Å²) >= 11 is 6.97. The van der Waals surface area contributed by atoms with Crippen LogP contribution in [-0.4, -0.2) is 62.8 Å². The van der Waals surface area contributed by atoms with Crippen molar-refractivity contribution in [2.75, 3.05) is 39.3 Å². The molecule has 1 atom stereocenters. The van der Waals surface area contributed by atoms with Crippen molar-refractivity contribution in [2.24, 2.45) is 11.8 Å². The van der Waals surface area contributed by atoms with Crippen LogP contribution in [0, 0.1) is 11.8 Å². The molecule has 2 aliphatic rings. The molecule has 158 valence electrons. The van der Waals surface area contributed by atoms with Crippen molar-refractivity contribution in [3.05, 3.63) is 16.5 Å². The van der Waals surface area contributed by atoms with Gasteiger partial charge >= 0.3 is 0 Å². The molecule has 6 nitrogen and oxygen atoms in total. The molecular weight excluding hydrogens is 418 g/mol. The molecule has 0 aromatic carbocycles. The van der Waals surface area contributed by atoms with Crippen LogP contribution in [0.2, 0.25) is 4.34 Å². The molecule has 9 heteroatoms.